The second kappa shape index (κ2) is 4.75. The van der Waals surface area contributed by atoms with Gasteiger partial charge in [0.05, 0.1) is 28.3 Å². The van der Waals surface area contributed by atoms with Crippen molar-refractivity contribution in [1.29, 1.82) is 5.26 Å². The maximum Gasteiger partial charge on any atom is 0.101 e. The largest absolute Gasteiger partial charge is 0.231 e. The highest BCUT2D eigenvalue weighted by atomic mass is 35.5. The Bertz CT molecular complexity index is 783. The van der Waals surface area contributed by atoms with Crippen molar-refractivity contribution in [2.45, 2.75) is 5.88 Å². The minimum atomic E-state index is 0.349. The average molecular weight is 268 g/mol. The fourth-order valence-electron chi connectivity index (χ4n) is 2.17. The molecular weight excluding hydrogens is 258 g/mol. The van der Waals surface area contributed by atoms with Gasteiger partial charge in [-0.2, -0.15) is 10.4 Å². The van der Waals surface area contributed by atoms with Crippen LogP contribution < -0.4 is 0 Å². The maximum atomic E-state index is 9.20. The van der Waals surface area contributed by atoms with Crippen molar-refractivity contribution in [3.8, 4) is 11.8 Å². The SMILES string of the molecule is N#Cc1ccccc1-n1nc(CCl)c2ccccc21. The molecule has 3 nitrogen and oxygen atoms in total. The standard InChI is InChI=1S/C15H10ClN3/c16-9-13-12-6-2-4-8-15(12)19(18-13)14-7-3-1-5-11(14)10-17/h1-8H,9H2. The first kappa shape index (κ1) is 11.8. The van der Waals surface area contributed by atoms with Crippen LogP contribution >= 0.6 is 11.6 Å². The summed E-state index contributed by atoms with van der Waals surface area (Å²) in [7, 11) is 0. The van der Waals surface area contributed by atoms with Crippen molar-refractivity contribution >= 4 is 22.5 Å². The van der Waals surface area contributed by atoms with Gasteiger partial charge in [-0.3, -0.25) is 0 Å². The Morgan fingerprint density at radius 2 is 1.84 bits per heavy atom. The summed E-state index contributed by atoms with van der Waals surface area (Å²) < 4.78 is 1.78. The predicted octanol–water partition coefficient (Wildman–Crippen LogP) is 3.64. The molecule has 4 heteroatoms. The minimum Gasteiger partial charge on any atom is -0.231 e. The number of nitriles is 1. The van der Waals surface area contributed by atoms with Crippen LogP contribution in [0.15, 0.2) is 48.5 Å². The normalized spacial score (nSPS) is 10.5. The van der Waals surface area contributed by atoms with E-state index < -0.39 is 0 Å². The molecule has 0 atom stereocenters. The van der Waals surface area contributed by atoms with Crippen molar-refractivity contribution < 1.29 is 0 Å². The van der Waals surface area contributed by atoms with Gasteiger partial charge in [0.2, 0.25) is 0 Å². The maximum absolute atomic E-state index is 9.20. The molecule has 3 rings (SSSR count). The summed E-state index contributed by atoms with van der Waals surface area (Å²) in [5.41, 5.74) is 3.15. The van der Waals surface area contributed by atoms with E-state index in [1.165, 1.54) is 0 Å². The highest BCUT2D eigenvalue weighted by Crippen LogP contribution is 2.24. The predicted molar refractivity (Wildman–Crippen MR) is 75.3 cm³/mol. The molecule has 0 radical (unpaired) electrons. The van der Waals surface area contributed by atoms with Crippen LogP contribution in [0.3, 0.4) is 0 Å². The number of benzene rings is 2. The van der Waals surface area contributed by atoms with E-state index in [4.69, 9.17) is 11.6 Å². The number of alkyl halides is 1. The van der Waals surface area contributed by atoms with Gasteiger partial charge in [0.1, 0.15) is 6.07 Å². The summed E-state index contributed by atoms with van der Waals surface area (Å²) in [5.74, 6) is 0.349. The zero-order valence-electron chi connectivity index (χ0n) is 10.0. The molecule has 0 N–H and O–H groups in total. The number of para-hydroxylation sites is 2. The van der Waals surface area contributed by atoms with Gasteiger partial charge in [-0.1, -0.05) is 30.3 Å². The Morgan fingerprint density at radius 3 is 2.63 bits per heavy atom. The highest BCUT2D eigenvalue weighted by Gasteiger charge is 2.12. The monoisotopic (exact) mass is 267 g/mol. The first-order valence-electron chi connectivity index (χ1n) is 5.87. The van der Waals surface area contributed by atoms with E-state index in [9.17, 15) is 5.26 Å². The van der Waals surface area contributed by atoms with E-state index in [0.29, 0.717) is 11.4 Å². The topological polar surface area (TPSA) is 41.6 Å². The Kier molecular flexibility index (Phi) is 2.94. The van der Waals surface area contributed by atoms with Crippen LogP contribution in [0.2, 0.25) is 0 Å². The van der Waals surface area contributed by atoms with E-state index >= 15 is 0 Å². The summed E-state index contributed by atoms with van der Waals surface area (Å²) in [6, 6.07) is 17.5. The Balaban J connectivity index is 2.35. The van der Waals surface area contributed by atoms with E-state index in [1.54, 1.807) is 10.7 Å². The molecule has 92 valence electrons. The average Bonchev–Trinajstić information content (AvgIpc) is 2.86. The molecule has 1 heterocycles. The molecule has 0 spiro atoms. The van der Waals surface area contributed by atoms with Gasteiger partial charge in [-0.05, 0) is 18.2 Å². The number of hydrogen-bond acceptors (Lipinski definition) is 2. The third kappa shape index (κ3) is 1.87. The van der Waals surface area contributed by atoms with Crippen LogP contribution in [-0.2, 0) is 5.88 Å². The van der Waals surface area contributed by atoms with Gasteiger partial charge in [-0.25, -0.2) is 4.68 Å². The van der Waals surface area contributed by atoms with E-state index in [2.05, 4.69) is 11.2 Å². The fourth-order valence-corrected chi connectivity index (χ4v) is 2.36. The van der Waals surface area contributed by atoms with Crippen molar-refractivity contribution in [3.63, 3.8) is 0 Å². The summed E-state index contributed by atoms with van der Waals surface area (Å²) in [6.45, 7) is 0. The van der Waals surface area contributed by atoms with Crippen LogP contribution in [0.4, 0.5) is 0 Å². The molecule has 0 saturated heterocycles. The second-order valence-electron chi connectivity index (χ2n) is 4.14. The van der Waals surface area contributed by atoms with Gasteiger partial charge < -0.3 is 0 Å². The van der Waals surface area contributed by atoms with Crippen LogP contribution in [-0.4, -0.2) is 9.78 Å². The molecule has 0 saturated carbocycles. The van der Waals surface area contributed by atoms with Gasteiger partial charge in [0.15, 0.2) is 0 Å². The Hall–Kier alpha value is -2.31. The lowest BCUT2D eigenvalue weighted by Gasteiger charge is -2.04. The van der Waals surface area contributed by atoms with E-state index in [-0.39, 0.29) is 0 Å². The fraction of sp³-hybridized carbons (Fsp3) is 0.0667. The Morgan fingerprint density at radius 1 is 1.11 bits per heavy atom. The number of hydrogen-bond donors (Lipinski definition) is 0. The number of nitrogens with zero attached hydrogens (tertiary/aromatic N) is 3. The van der Waals surface area contributed by atoms with Gasteiger partial charge in [-0.15, -0.1) is 11.6 Å². The highest BCUT2D eigenvalue weighted by molar-refractivity contribution is 6.17. The lowest BCUT2D eigenvalue weighted by Crippen LogP contribution is -1.99. The number of fused-ring (bicyclic) bond motifs is 1. The zero-order chi connectivity index (χ0) is 13.2. The molecule has 3 aromatic rings. The summed E-state index contributed by atoms with van der Waals surface area (Å²) >= 11 is 5.94. The molecule has 0 aliphatic heterocycles. The lowest BCUT2D eigenvalue weighted by molar-refractivity contribution is 0.881. The van der Waals surface area contributed by atoms with Crippen LogP contribution in [0.25, 0.3) is 16.6 Å². The molecular formula is C15H10ClN3. The quantitative estimate of drug-likeness (QED) is 0.665. The lowest BCUT2D eigenvalue weighted by atomic mass is 10.2. The van der Waals surface area contributed by atoms with E-state index in [0.717, 1.165) is 22.3 Å². The third-order valence-corrected chi connectivity index (χ3v) is 3.30. The zero-order valence-corrected chi connectivity index (χ0v) is 10.8. The van der Waals surface area contributed by atoms with E-state index in [1.807, 2.05) is 42.5 Å². The van der Waals surface area contributed by atoms with Gasteiger partial charge in [0.25, 0.3) is 0 Å². The molecule has 0 aliphatic carbocycles. The van der Waals surface area contributed by atoms with Crippen LogP contribution in [0, 0.1) is 11.3 Å². The molecule has 0 unspecified atom stereocenters. The molecule has 0 amide bonds. The number of aromatic nitrogens is 2. The molecule has 19 heavy (non-hydrogen) atoms. The summed E-state index contributed by atoms with van der Waals surface area (Å²) in [4.78, 5) is 0. The molecule has 0 bridgehead atoms. The minimum absolute atomic E-state index is 0.349. The summed E-state index contributed by atoms with van der Waals surface area (Å²) in [6.07, 6.45) is 0. The van der Waals surface area contributed by atoms with Crippen LogP contribution in [0.1, 0.15) is 11.3 Å². The molecule has 0 aliphatic rings. The summed E-state index contributed by atoms with van der Waals surface area (Å²) in [5, 5.41) is 14.7. The first-order valence-corrected chi connectivity index (χ1v) is 6.40. The van der Waals surface area contributed by atoms with Crippen molar-refractivity contribution in [2.75, 3.05) is 0 Å². The smallest absolute Gasteiger partial charge is 0.101 e. The molecule has 1 aromatic heterocycles. The van der Waals surface area contributed by atoms with Crippen molar-refractivity contribution in [2.24, 2.45) is 0 Å². The number of halogens is 1. The molecule has 2 aromatic carbocycles. The first-order chi connectivity index (χ1) is 9.35. The third-order valence-electron chi connectivity index (χ3n) is 3.04. The van der Waals surface area contributed by atoms with Gasteiger partial charge in [0, 0.05) is 5.39 Å². The molecule has 0 fully saturated rings. The number of rotatable bonds is 2. The van der Waals surface area contributed by atoms with Gasteiger partial charge >= 0.3 is 0 Å². The van der Waals surface area contributed by atoms with Crippen LogP contribution in [0.5, 0.6) is 0 Å². The van der Waals surface area contributed by atoms with Crippen molar-refractivity contribution in [3.05, 3.63) is 59.8 Å². The second-order valence-corrected chi connectivity index (χ2v) is 4.41. The van der Waals surface area contributed by atoms with Crippen molar-refractivity contribution in [1.82, 2.24) is 9.78 Å². The Labute approximate surface area is 115 Å².